The highest BCUT2D eigenvalue weighted by molar-refractivity contribution is 6.31. The number of carbonyl (C=O) groups excluding carboxylic acids is 1. The Hall–Kier alpha value is -2.96. The summed E-state index contributed by atoms with van der Waals surface area (Å²) in [4.78, 5) is 32.7. The van der Waals surface area contributed by atoms with Crippen LogP contribution < -0.4 is 11.3 Å². The van der Waals surface area contributed by atoms with Gasteiger partial charge in [-0.25, -0.2) is 4.98 Å². The third kappa shape index (κ3) is 4.86. The summed E-state index contributed by atoms with van der Waals surface area (Å²) in [6.45, 7) is 8.55. The number of hydrogen-bond acceptors (Lipinski definition) is 4. The smallest absolute Gasteiger partial charge is 0.261 e. The predicted molar refractivity (Wildman–Crippen MR) is 125 cm³/mol. The zero-order valence-electron chi connectivity index (χ0n) is 17.8. The van der Waals surface area contributed by atoms with Crippen LogP contribution in [0, 0.1) is 5.92 Å². The lowest BCUT2D eigenvalue weighted by Gasteiger charge is -2.34. The summed E-state index contributed by atoms with van der Waals surface area (Å²) in [5, 5.41) is 0.972. The average Bonchev–Trinajstić information content (AvgIpc) is 2.75. The minimum absolute atomic E-state index is 0.0268. The van der Waals surface area contributed by atoms with Crippen LogP contribution >= 0.6 is 11.6 Å². The number of nitrogens with zero attached hydrogens (tertiary/aromatic N) is 3. The van der Waals surface area contributed by atoms with Gasteiger partial charge in [0.25, 0.3) is 5.56 Å². The van der Waals surface area contributed by atoms with Gasteiger partial charge in [0.2, 0.25) is 5.91 Å². The van der Waals surface area contributed by atoms with Crippen molar-refractivity contribution in [3.05, 3.63) is 88.0 Å². The molecule has 0 unspecified atom stereocenters. The number of aromatic nitrogens is 2. The first-order valence-corrected chi connectivity index (χ1v) is 10.6. The molecule has 0 saturated carbocycles. The molecular formula is C24H27ClN4O2. The van der Waals surface area contributed by atoms with Gasteiger partial charge in [0.15, 0.2) is 0 Å². The Morgan fingerprint density at radius 1 is 1.26 bits per heavy atom. The molecule has 1 heterocycles. The highest BCUT2D eigenvalue weighted by atomic mass is 35.5. The van der Waals surface area contributed by atoms with Gasteiger partial charge in [-0.2, -0.15) is 0 Å². The normalized spacial score (nSPS) is 12.2. The van der Waals surface area contributed by atoms with Crippen molar-refractivity contribution in [1.82, 2.24) is 14.5 Å². The Morgan fingerprint density at radius 2 is 1.97 bits per heavy atom. The van der Waals surface area contributed by atoms with Crippen LogP contribution in [-0.2, 0) is 11.3 Å². The Bertz CT molecular complexity index is 1140. The zero-order valence-corrected chi connectivity index (χ0v) is 18.5. The molecule has 0 bridgehead atoms. The summed E-state index contributed by atoms with van der Waals surface area (Å²) in [6.07, 6.45) is 1.27. The molecule has 162 valence electrons. The minimum Gasteiger partial charge on any atom is -0.329 e. The molecule has 0 radical (unpaired) electrons. The van der Waals surface area contributed by atoms with E-state index in [-0.39, 0.29) is 23.9 Å². The SMILES string of the molecule is C=CC(=O)N(CCN)[C@@H](c1nc2cc(Cl)ccc2c(=O)n1Cc1ccccc1)C(C)C. The molecule has 3 rings (SSSR count). The van der Waals surface area contributed by atoms with Gasteiger partial charge in [0, 0.05) is 18.1 Å². The summed E-state index contributed by atoms with van der Waals surface area (Å²) in [5.74, 6) is 0.221. The van der Waals surface area contributed by atoms with Crippen molar-refractivity contribution < 1.29 is 4.79 Å². The molecule has 0 spiro atoms. The van der Waals surface area contributed by atoms with E-state index >= 15 is 0 Å². The molecule has 1 atom stereocenters. The van der Waals surface area contributed by atoms with Gasteiger partial charge in [-0.3, -0.25) is 14.2 Å². The summed E-state index contributed by atoms with van der Waals surface area (Å²) in [5.41, 5.74) is 7.09. The van der Waals surface area contributed by atoms with E-state index in [9.17, 15) is 9.59 Å². The van der Waals surface area contributed by atoms with Crippen molar-refractivity contribution in [3.63, 3.8) is 0 Å². The fraction of sp³-hybridized carbons (Fsp3) is 0.292. The van der Waals surface area contributed by atoms with E-state index in [4.69, 9.17) is 22.3 Å². The van der Waals surface area contributed by atoms with E-state index < -0.39 is 6.04 Å². The number of nitrogens with two attached hydrogens (primary N) is 1. The fourth-order valence-electron chi connectivity index (χ4n) is 3.80. The van der Waals surface area contributed by atoms with Gasteiger partial charge in [-0.15, -0.1) is 0 Å². The molecule has 1 amide bonds. The number of rotatable bonds is 8. The first-order valence-electron chi connectivity index (χ1n) is 10.2. The van der Waals surface area contributed by atoms with Crippen molar-refractivity contribution >= 4 is 28.4 Å². The van der Waals surface area contributed by atoms with Crippen molar-refractivity contribution in [1.29, 1.82) is 0 Å². The monoisotopic (exact) mass is 438 g/mol. The van der Waals surface area contributed by atoms with Crippen molar-refractivity contribution in [2.45, 2.75) is 26.4 Å². The van der Waals surface area contributed by atoms with Crippen LogP contribution in [0.5, 0.6) is 0 Å². The topological polar surface area (TPSA) is 81.2 Å². The molecule has 0 saturated heterocycles. The molecule has 0 aliphatic carbocycles. The molecule has 2 aromatic carbocycles. The Balaban J connectivity index is 2.30. The number of hydrogen-bond donors (Lipinski definition) is 1. The lowest BCUT2D eigenvalue weighted by Crippen LogP contribution is -2.43. The van der Waals surface area contributed by atoms with Gasteiger partial charge in [-0.05, 0) is 35.8 Å². The number of amides is 1. The van der Waals surface area contributed by atoms with Crippen LogP contribution in [0.4, 0.5) is 0 Å². The summed E-state index contributed by atoms with van der Waals surface area (Å²) >= 11 is 6.18. The van der Waals surface area contributed by atoms with Gasteiger partial charge >= 0.3 is 0 Å². The van der Waals surface area contributed by atoms with Crippen molar-refractivity contribution in [2.24, 2.45) is 11.7 Å². The molecular weight excluding hydrogens is 412 g/mol. The number of fused-ring (bicyclic) bond motifs is 1. The van der Waals surface area contributed by atoms with Crippen LogP contribution in [0.25, 0.3) is 10.9 Å². The number of carbonyl (C=O) groups is 1. The second kappa shape index (κ2) is 9.90. The maximum absolute atomic E-state index is 13.5. The molecule has 3 aromatic rings. The minimum atomic E-state index is -0.464. The Kier molecular flexibility index (Phi) is 7.25. The predicted octanol–water partition coefficient (Wildman–Crippen LogP) is 3.77. The van der Waals surface area contributed by atoms with E-state index in [0.717, 1.165) is 5.56 Å². The third-order valence-corrected chi connectivity index (χ3v) is 5.42. The largest absolute Gasteiger partial charge is 0.329 e. The second-order valence-electron chi connectivity index (χ2n) is 7.72. The van der Waals surface area contributed by atoms with Gasteiger partial charge in [0.05, 0.1) is 23.5 Å². The summed E-state index contributed by atoms with van der Waals surface area (Å²) in [7, 11) is 0. The van der Waals surface area contributed by atoms with Gasteiger partial charge in [0.1, 0.15) is 5.82 Å². The van der Waals surface area contributed by atoms with Crippen molar-refractivity contribution in [3.8, 4) is 0 Å². The van der Waals surface area contributed by atoms with E-state index in [1.807, 2.05) is 44.2 Å². The quantitative estimate of drug-likeness (QED) is 0.543. The highest BCUT2D eigenvalue weighted by Crippen LogP contribution is 2.29. The second-order valence-corrected chi connectivity index (χ2v) is 8.16. The first-order chi connectivity index (χ1) is 14.9. The van der Waals surface area contributed by atoms with Crippen LogP contribution in [0.1, 0.15) is 31.3 Å². The van der Waals surface area contributed by atoms with Crippen LogP contribution in [0.15, 0.2) is 66.0 Å². The highest BCUT2D eigenvalue weighted by Gasteiger charge is 2.31. The maximum Gasteiger partial charge on any atom is 0.261 e. The number of benzene rings is 2. The molecule has 0 fully saturated rings. The first kappa shape index (κ1) is 22.7. The standard InChI is InChI=1S/C24H27ClN4O2/c1-4-21(30)28(13-12-26)22(16(2)3)23-27-20-14-18(25)10-11-19(20)24(31)29(23)15-17-8-6-5-7-9-17/h4-11,14,16,22H,1,12-13,15,26H2,2-3H3/t22-/m1/s1. The van der Waals surface area contributed by atoms with E-state index in [1.165, 1.54) is 6.08 Å². The van der Waals surface area contributed by atoms with E-state index in [0.29, 0.717) is 34.8 Å². The molecule has 0 aliphatic rings. The van der Waals surface area contributed by atoms with E-state index in [2.05, 4.69) is 6.58 Å². The number of halogens is 1. The molecule has 7 heteroatoms. The van der Waals surface area contributed by atoms with Crippen molar-refractivity contribution in [2.75, 3.05) is 13.1 Å². The Labute approximate surface area is 187 Å². The molecule has 6 nitrogen and oxygen atoms in total. The fourth-order valence-corrected chi connectivity index (χ4v) is 3.96. The van der Waals surface area contributed by atoms with Crippen LogP contribution in [0.3, 0.4) is 0 Å². The molecule has 0 aliphatic heterocycles. The van der Waals surface area contributed by atoms with Crippen LogP contribution in [-0.4, -0.2) is 33.4 Å². The maximum atomic E-state index is 13.5. The lowest BCUT2D eigenvalue weighted by atomic mass is 10.00. The zero-order chi connectivity index (χ0) is 22.5. The van der Waals surface area contributed by atoms with Gasteiger partial charge < -0.3 is 10.6 Å². The molecule has 2 N–H and O–H groups in total. The summed E-state index contributed by atoms with van der Waals surface area (Å²) in [6, 6.07) is 14.3. The third-order valence-electron chi connectivity index (χ3n) is 5.19. The van der Waals surface area contributed by atoms with Crippen LogP contribution in [0.2, 0.25) is 5.02 Å². The van der Waals surface area contributed by atoms with E-state index in [1.54, 1.807) is 27.7 Å². The summed E-state index contributed by atoms with van der Waals surface area (Å²) < 4.78 is 1.65. The average molecular weight is 439 g/mol. The molecule has 31 heavy (non-hydrogen) atoms. The molecule has 1 aromatic heterocycles. The van der Waals surface area contributed by atoms with Gasteiger partial charge in [-0.1, -0.05) is 62.4 Å². The Morgan fingerprint density at radius 3 is 2.58 bits per heavy atom. The lowest BCUT2D eigenvalue weighted by molar-refractivity contribution is -0.129.